The Bertz CT molecular complexity index is 1380. The molecule has 2 aromatic heterocycles. The van der Waals surface area contributed by atoms with E-state index in [1.807, 2.05) is 18.2 Å². The molecule has 0 radical (unpaired) electrons. The Morgan fingerprint density at radius 3 is 2.58 bits per heavy atom. The van der Waals surface area contributed by atoms with E-state index in [0.717, 1.165) is 0 Å². The molecule has 0 bridgehead atoms. The maximum atomic E-state index is 13.6. The highest BCUT2D eigenvalue weighted by Gasteiger charge is 2.34. The number of para-hydroxylation sites is 1. The summed E-state index contributed by atoms with van der Waals surface area (Å²) in [7, 11) is 0. The third-order valence-corrected chi connectivity index (χ3v) is 5.56. The quantitative estimate of drug-likeness (QED) is 0.495. The van der Waals surface area contributed by atoms with Crippen molar-refractivity contribution in [3.05, 3.63) is 83.0 Å². The number of aliphatic carboxylic acids is 1. The van der Waals surface area contributed by atoms with E-state index in [4.69, 9.17) is 4.74 Å². The van der Waals surface area contributed by atoms with Crippen molar-refractivity contribution in [2.75, 3.05) is 0 Å². The first-order valence-corrected chi connectivity index (χ1v) is 10.4. The summed E-state index contributed by atoms with van der Waals surface area (Å²) in [5, 5.41) is 9.87. The predicted octanol–water partition coefficient (Wildman–Crippen LogP) is 4.12. The van der Waals surface area contributed by atoms with Crippen molar-refractivity contribution >= 4 is 5.97 Å². The second kappa shape index (κ2) is 8.34. The predicted molar refractivity (Wildman–Crippen MR) is 118 cm³/mol. The smallest absolute Gasteiger partial charge is 0.328 e. The van der Waals surface area contributed by atoms with Gasteiger partial charge in [0.2, 0.25) is 0 Å². The molecule has 4 aromatic rings. The van der Waals surface area contributed by atoms with Crippen LogP contribution in [0, 0.1) is 5.82 Å². The SMILES string of the molecule is O=C(O)[C@@H]1CCCn2c(=O)c(-c3ccc(F)cc3)c(-c3ccnc(Oc4ccccc4)n3)n21. The highest BCUT2D eigenvalue weighted by atomic mass is 19.1. The number of carbonyl (C=O) groups is 1. The fraction of sp³-hybridized carbons (Fsp3) is 0.167. The van der Waals surface area contributed by atoms with Gasteiger partial charge in [-0.3, -0.25) is 9.48 Å². The van der Waals surface area contributed by atoms with E-state index in [9.17, 15) is 19.1 Å². The molecule has 0 fully saturated rings. The highest BCUT2D eigenvalue weighted by Crippen LogP contribution is 2.35. The minimum absolute atomic E-state index is 0.0550. The lowest BCUT2D eigenvalue weighted by Crippen LogP contribution is -2.34. The number of hydrogen-bond acceptors (Lipinski definition) is 5. The van der Waals surface area contributed by atoms with Crippen LogP contribution in [0.4, 0.5) is 4.39 Å². The standard InChI is InChI=1S/C24H19FN4O4/c25-16-10-8-15(9-11-16)20-21(29-19(23(31)32)7-4-14-28(29)22(20)30)18-12-13-26-24(27-18)33-17-5-2-1-3-6-17/h1-3,5-6,8-13,19H,4,7,14H2,(H,31,32)/t19-/m0/s1. The molecule has 9 heteroatoms. The van der Waals surface area contributed by atoms with Crippen LogP contribution in [0.2, 0.25) is 0 Å². The number of rotatable bonds is 5. The van der Waals surface area contributed by atoms with Crippen molar-refractivity contribution < 1.29 is 19.0 Å². The van der Waals surface area contributed by atoms with E-state index in [1.54, 1.807) is 18.2 Å². The number of halogens is 1. The van der Waals surface area contributed by atoms with Crippen LogP contribution in [0.5, 0.6) is 11.8 Å². The zero-order valence-corrected chi connectivity index (χ0v) is 17.4. The number of ether oxygens (including phenoxy) is 1. The van der Waals surface area contributed by atoms with Gasteiger partial charge in [0.1, 0.15) is 17.6 Å². The van der Waals surface area contributed by atoms with Crippen molar-refractivity contribution in [1.82, 2.24) is 19.3 Å². The van der Waals surface area contributed by atoms with E-state index in [-0.39, 0.29) is 17.1 Å². The van der Waals surface area contributed by atoms with E-state index in [0.29, 0.717) is 42.1 Å². The van der Waals surface area contributed by atoms with Crippen molar-refractivity contribution in [3.8, 4) is 34.3 Å². The van der Waals surface area contributed by atoms with E-state index in [2.05, 4.69) is 9.97 Å². The monoisotopic (exact) mass is 446 g/mol. The Hall–Kier alpha value is -4.27. The molecule has 8 nitrogen and oxygen atoms in total. The van der Waals surface area contributed by atoms with Crippen LogP contribution >= 0.6 is 0 Å². The highest BCUT2D eigenvalue weighted by molar-refractivity contribution is 5.81. The molecule has 5 rings (SSSR count). The van der Waals surface area contributed by atoms with Crippen molar-refractivity contribution in [1.29, 1.82) is 0 Å². The van der Waals surface area contributed by atoms with Gasteiger partial charge < -0.3 is 9.84 Å². The van der Waals surface area contributed by atoms with Crippen molar-refractivity contribution in [2.45, 2.75) is 25.4 Å². The molecule has 0 aliphatic carbocycles. The third-order valence-electron chi connectivity index (χ3n) is 5.56. The van der Waals surface area contributed by atoms with Gasteiger partial charge >= 0.3 is 12.0 Å². The lowest BCUT2D eigenvalue weighted by atomic mass is 10.0. The Balaban J connectivity index is 1.72. The Morgan fingerprint density at radius 1 is 1.09 bits per heavy atom. The van der Waals surface area contributed by atoms with Gasteiger partial charge in [0.05, 0.1) is 17.0 Å². The van der Waals surface area contributed by atoms with Gasteiger partial charge in [0, 0.05) is 12.7 Å². The van der Waals surface area contributed by atoms with E-state index >= 15 is 0 Å². The first-order valence-electron chi connectivity index (χ1n) is 10.4. The molecule has 2 aromatic carbocycles. The van der Waals surface area contributed by atoms with E-state index < -0.39 is 17.8 Å². The first kappa shape index (κ1) is 20.6. The Morgan fingerprint density at radius 2 is 1.85 bits per heavy atom. The fourth-order valence-corrected chi connectivity index (χ4v) is 4.12. The number of hydrogen-bond donors (Lipinski definition) is 1. The maximum absolute atomic E-state index is 13.6. The number of carboxylic acids is 1. The summed E-state index contributed by atoms with van der Waals surface area (Å²) in [6, 6.07) is 15.2. The summed E-state index contributed by atoms with van der Waals surface area (Å²) in [6.45, 7) is 0.370. The van der Waals surface area contributed by atoms with Crippen LogP contribution in [0.15, 0.2) is 71.7 Å². The molecule has 0 saturated carbocycles. The molecular formula is C24H19FN4O4. The summed E-state index contributed by atoms with van der Waals surface area (Å²) in [6.07, 6.45) is 2.41. The van der Waals surface area contributed by atoms with E-state index in [1.165, 1.54) is 39.8 Å². The molecule has 0 spiro atoms. The number of benzene rings is 2. The van der Waals surface area contributed by atoms with Crippen LogP contribution in [-0.4, -0.2) is 30.4 Å². The van der Waals surface area contributed by atoms with Gasteiger partial charge in [-0.05, 0) is 48.7 Å². The van der Waals surface area contributed by atoms with Gasteiger partial charge in [0.15, 0.2) is 0 Å². The topological polar surface area (TPSA) is 99.2 Å². The lowest BCUT2D eigenvalue weighted by Gasteiger charge is -2.26. The normalized spacial score (nSPS) is 15.1. The summed E-state index contributed by atoms with van der Waals surface area (Å²) < 4.78 is 22.2. The Kier molecular flexibility index (Phi) is 5.21. The summed E-state index contributed by atoms with van der Waals surface area (Å²) in [4.78, 5) is 34.1. The minimum atomic E-state index is -1.04. The molecule has 0 amide bonds. The molecule has 0 saturated heterocycles. The average Bonchev–Trinajstić information content (AvgIpc) is 3.13. The molecule has 33 heavy (non-hydrogen) atoms. The molecular weight excluding hydrogens is 427 g/mol. The average molecular weight is 446 g/mol. The second-order valence-corrected chi connectivity index (χ2v) is 7.64. The van der Waals surface area contributed by atoms with Crippen molar-refractivity contribution in [2.24, 2.45) is 0 Å². The third kappa shape index (κ3) is 3.78. The molecule has 166 valence electrons. The van der Waals surface area contributed by atoms with Crippen LogP contribution < -0.4 is 10.3 Å². The van der Waals surface area contributed by atoms with Gasteiger partial charge in [0.25, 0.3) is 5.56 Å². The summed E-state index contributed by atoms with van der Waals surface area (Å²) in [5.41, 5.74) is 1.04. The van der Waals surface area contributed by atoms with Crippen LogP contribution in [0.3, 0.4) is 0 Å². The molecule has 3 heterocycles. The fourth-order valence-electron chi connectivity index (χ4n) is 4.12. The second-order valence-electron chi connectivity index (χ2n) is 7.64. The molecule has 1 aliphatic heterocycles. The van der Waals surface area contributed by atoms with Gasteiger partial charge in [-0.2, -0.15) is 4.98 Å². The van der Waals surface area contributed by atoms with Crippen LogP contribution in [-0.2, 0) is 11.3 Å². The summed E-state index contributed by atoms with van der Waals surface area (Å²) >= 11 is 0. The zero-order chi connectivity index (χ0) is 22.9. The number of fused-ring (bicyclic) bond motifs is 1. The molecule has 1 atom stereocenters. The molecule has 1 aliphatic rings. The van der Waals surface area contributed by atoms with Gasteiger partial charge in [-0.25, -0.2) is 18.9 Å². The number of carboxylic acid groups (broad SMARTS) is 1. The number of nitrogens with zero attached hydrogens (tertiary/aromatic N) is 4. The zero-order valence-electron chi connectivity index (χ0n) is 17.4. The molecule has 0 unspecified atom stereocenters. The number of aromatic nitrogens is 4. The van der Waals surface area contributed by atoms with Gasteiger partial charge in [-0.15, -0.1) is 0 Å². The summed E-state index contributed by atoms with van der Waals surface area (Å²) in [5.74, 6) is -0.943. The van der Waals surface area contributed by atoms with Gasteiger partial charge in [-0.1, -0.05) is 30.3 Å². The molecule has 1 N–H and O–H groups in total. The lowest BCUT2D eigenvalue weighted by molar-refractivity contribution is -0.142. The van der Waals surface area contributed by atoms with Crippen LogP contribution in [0.1, 0.15) is 18.9 Å². The minimum Gasteiger partial charge on any atom is -0.480 e. The Labute approximate surface area is 187 Å². The first-order chi connectivity index (χ1) is 16.0. The largest absolute Gasteiger partial charge is 0.480 e. The maximum Gasteiger partial charge on any atom is 0.328 e. The van der Waals surface area contributed by atoms with Crippen molar-refractivity contribution in [3.63, 3.8) is 0 Å². The van der Waals surface area contributed by atoms with Crippen LogP contribution in [0.25, 0.3) is 22.5 Å².